The molecular formula is C82H160O17P2. The van der Waals surface area contributed by atoms with E-state index in [1.54, 1.807) is 0 Å². The van der Waals surface area contributed by atoms with Crippen molar-refractivity contribution in [2.75, 3.05) is 39.6 Å². The zero-order chi connectivity index (χ0) is 74.4. The zero-order valence-corrected chi connectivity index (χ0v) is 68.2. The van der Waals surface area contributed by atoms with E-state index in [1.165, 1.54) is 238 Å². The Morgan fingerprint density at radius 3 is 0.752 bits per heavy atom. The monoisotopic (exact) mass is 1480 g/mol. The summed E-state index contributed by atoms with van der Waals surface area (Å²) in [5, 5.41) is 10.6. The molecule has 600 valence electrons. The van der Waals surface area contributed by atoms with Gasteiger partial charge in [0.25, 0.3) is 0 Å². The quantitative estimate of drug-likeness (QED) is 0.0222. The van der Waals surface area contributed by atoms with E-state index in [1.807, 2.05) is 0 Å². The number of phosphoric acid groups is 2. The first-order valence-corrected chi connectivity index (χ1v) is 45.4. The van der Waals surface area contributed by atoms with E-state index in [4.69, 9.17) is 37.0 Å². The number of aliphatic hydroxyl groups excluding tert-OH is 1. The third kappa shape index (κ3) is 74.7. The Kier molecular flexibility index (Phi) is 70.9. The maximum atomic E-state index is 13.1. The minimum atomic E-state index is -4.96. The van der Waals surface area contributed by atoms with Crippen LogP contribution in [0.25, 0.3) is 0 Å². The van der Waals surface area contributed by atoms with Crippen molar-refractivity contribution in [3.8, 4) is 0 Å². The summed E-state index contributed by atoms with van der Waals surface area (Å²) in [6.45, 7) is 12.0. The van der Waals surface area contributed by atoms with Gasteiger partial charge in [0.1, 0.15) is 19.3 Å². The number of rotatable bonds is 80. The van der Waals surface area contributed by atoms with Gasteiger partial charge in [-0.15, -0.1) is 0 Å². The number of unbranched alkanes of at least 4 members (excludes halogenated alkanes) is 47. The van der Waals surface area contributed by atoms with Crippen LogP contribution in [0.3, 0.4) is 0 Å². The molecule has 0 aliphatic carbocycles. The Morgan fingerprint density at radius 1 is 0.287 bits per heavy atom. The Morgan fingerprint density at radius 2 is 0.505 bits per heavy atom. The van der Waals surface area contributed by atoms with E-state index in [-0.39, 0.29) is 25.7 Å². The highest BCUT2D eigenvalue weighted by atomic mass is 31.2. The number of phosphoric ester groups is 2. The third-order valence-corrected chi connectivity index (χ3v) is 21.4. The maximum Gasteiger partial charge on any atom is 0.472 e. The second-order valence-electron chi connectivity index (χ2n) is 30.7. The van der Waals surface area contributed by atoms with Crippen molar-refractivity contribution >= 4 is 39.5 Å². The van der Waals surface area contributed by atoms with Crippen LogP contribution in [0, 0.1) is 17.8 Å². The van der Waals surface area contributed by atoms with Crippen molar-refractivity contribution in [1.29, 1.82) is 0 Å². The van der Waals surface area contributed by atoms with Gasteiger partial charge in [-0.25, -0.2) is 9.13 Å². The molecule has 6 atom stereocenters. The van der Waals surface area contributed by atoms with Crippen molar-refractivity contribution in [2.24, 2.45) is 17.8 Å². The minimum Gasteiger partial charge on any atom is -0.462 e. The molecule has 0 rings (SSSR count). The molecule has 0 aliphatic heterocycles. The molecule has 0 radical (unpaired) electrons. The highest BCUT2D eigenvalue weighted by molar-refractivity contribution is 7.47. The fourth-order valence-corrected chi connectivity index (χ4v) is 14.2. The van der Waals surface area contributed by atoms with E-state index in [9.17, 15) is 43.2 Å². The van der Waals surface area contributed by atoms with Gasteiger partial charge in [-0.05, 0) is 43.4 Å². The average Bonchev–Trinajstić information content (AvgIpc) is 0.939. The summed E-state index contributed by atoms with van der Waals surface area (Å²) in [4.78, 5) is 73.1. The minimum absolute atomic E-state index is 0.107. The SMILES string of the molecule is CCCCCCCCCCCCC(=O)OC[C@H](COP(=O)(O)OC[C@H](O)COP(=O)(O)OC[C@@H](COC(=O)CCCCCCCCCCCCCCCCC(C)CC)OC(=O)CCCCCCCCCCCCCCCCCC(C)C)OC(=O)CCCCCCCCCCCCCCC(C)C. The zero-order valence-electron chi connectivity index (χ0n) is 66.4. The highest BCUT2D eigenvalue weighted by Crippen LogP contribution is 2.45. The van der Waals surface area contributed by atoms with Crippen LogP contribution in [-0.2, 0) is 65.4 Å². The molecule has 0 amide bonds. The topological polar surface area (TPSA) is 237 Å². The van der Waals surface area contributed by atoms with Crippen LogP contribution >= 0.6 is 15.6 Å². The molecule has 3 N–H and O–H groups in total. The smallest absolute Gasteiger partial charge is 0.462 e. The maximum absolute atomic E-state index is 13.1. The van der Waals surface area contributed by atoms with Gasteiger partial charge in [0.15, 0.2) is 12.2 Å². The Bertz CT molecular complexity index is 1960. The summed E-state index contributed by atoms with van der Waals surface area (Å²) >= 11 is 0. The van der Waals surface area contributed by atoms with Crippen molar-refractivity contribution in [3.63, 3.8) is 0 Å². The van der Waals surface area contributed by atoms with Gasteiger partial charge in [0.05, 0.1) is 26.4 Å². The lowest BCUT2D eigenvalue weighted by atomic mass is 9.99. The predicted octanol–water partition coefficient (Wildman–Crippen LogP) is 24.5. The van der Waals surface area contributed by atoms with Gasteiger partial charge in [-0.1, -0.05) is 376 Å². The summed E-state index contributed by atoms with van der Waals surface area (Å²) < 4.78 is 68.8. The number of carbonyl (C=O) groups is 4. The van der Waals surface area contributed by atoms with Gasteiger partial charge < -0.3 is 33.8 Å². The second-order valence-corrected chi connectivity index (χ2v) is 33.6. The van der Waals surface area contributed by atoms with E-state index in [2.05, 4.69) is 48.5 Å². The number of carbonyl (C=O) groups excluding carboxylic acids is 4. The van der Waals surface area contributed by atoms with E-state index in [0.717, 1.165) is 108 Å². The first-order chi connectivity index (χ1) is 48.8. The standard InChI is InChI=1S/C82H160O17P2/c1-8-10-11-12-13-14-35-42-49-56-63-79(84)92-69-77(98-82(87)66-59-52-45-38-31-25-24-27-33-40-47-54-61-74(5)6)71-96-100(88,89)94-67-76(83)68-95-101(90,91)97-72-78(99-81(86)65-58-51-44-37-30-23-17-15-16-20-26-32-39-46-53-60-73(3)4)70-93-80(85)64-57-50-43-36-29-22-19-18-21-28-34-41-48-55-62-75(7)9-2/h73-78,83H,8-72H2,1-7H3,(H,88,89)(H,90,91)/t75?,76-,77+,78+/m0/s1. The Balaban J connectivity index is 5.24. The van der Waals surface area contributed by atoms with Crippen molar-refractivity contribution in [3.05, 3.63) is 0 Å². The Labute approximate surface area is 619 Å². The molecule has 0 saturated carbocycles. The fourth-order valence-electron chi connectivity index (χ4n) is 12.6. The van der Waals surface area contributed by atoms with Gasteiger partial charge in [-0.3, -0.25) is 37.3 Å². The van der Waals surface area contributed by atoms with Crippen LogP contribution in [0.5, 0.6) is 0 Å². The van der Waals surface area contributed by atoms with Crippen molar-refractivity contribution in [2.45, 2.75) is 446 Å². The number of aliphatic hydroxyl groups is 1. The molecule has 0 heterocycles. The largest absolute Gasteiger partial charge is 0.472 e. The summed E-state index contributed by atoms with van der Waals surface area (Å²) in [7, 11) is -9.92. The molecular weight excluding hydrogens is 1320 g/mol. The second kappa shape index (κ2) is 72.3. The molecule has 0 saturated heterocycles. The molecule has 0 bridgehead atoms. The molecule has 0 fully saturated rings. The van der Waals surface area contributed by atoms with Gasteiger partial charge in [-0.2, -0.15) is 0 Å². The van der Waals surface area contributed by atoms with Crippen molar-refractivity contribution in [1.82, 2.24) is 0 Å². The van der Waals surface area contributed by atoms with Gasteiger partial charge in [0.2, 0.25) is 0 Å². The average molecular weight is 1480 g/mol. The molecule has 19 heteroatoms. The Hall–Kier alpha value is -1.94. The lowest BCUT2D eigenvalue weighted by Gasteiger charge is -2.21. The normalized spacial score (nSPS) is 14.2. The summed E-state index contributed by atoms with van der Waals surface area (Å²) in [6, 6.07) is 0. The number of hydrogen-bond donors (Lipinski definition) is 3. The van der Waals surface area contributed by atoms with Crippen LogP contribution in [0.1, 0.15) is 427 Å². The first kappa shape index (κ1) is 99.1. The van der Waals surface area contributed by atoms with E-state index in [0.29, 0.717) is 25.7 Å². The first-order valence-electron chi connectivity index (χ1n) is 42.4. The predicted molar refractivity (Wildman–Crippen MR) is 414 cm³/mol. The van der Waals surface area contributed by atoms with Crippen LogP contribution in [-0.4, -0.2) is 96.7 Å². The van der Waals surface area contributed by atoms with Crippen LogP contribution in [0.4, 0.5) is 0 Å². The van der Waals surface area contributed by atoms with Crippen LogP contribution < -0.4 is 0 Å². The highest BCUT2D eigenvalue weighted by Gasteiger charge is 2.30. The van der Waals surface area contributed by atoms with Crippen LogP contribution in [0.2, 0.25) is 0 Å². The number of esters is 4. The summed E-state index contributed by atoms with van der Waals surface area (Å²) in [6.07, 6.45) is 60.9. The van der Waals surface area contributed by atoms with E-state index < -0.39 is 97.5 Å². The number of ether oxygens (including phenoxy) is 4. The third-order valence-electron chi connectivity index (χ3n) is 19.5. The molecule has 3 unspecified atom stereocenters. The van der Waals surface area contributed by atoms with Gasteiger partial charge in [0, 0.05) is 25.7 Å². The molecule has 0 aromatic carbocycles. The molecule has 101 heavy (non-hydrogen) atoms. The molecule has 17 nitrogen and oxygen atoms in total. The lowest BCUT2D eigenvalue weighted by molar-refractivity contribution is -0.161. The molecule has 0 aromatic rings. The number of hydrogen-bond acceptors (Lipinski definition) is 15. The van der Waals surface area contributed by atoms with Crippen molar-refractivity contribution < 1.29 is 80.2 Å². The summed E-state index contributed by atoms with van der Waals surface area (Å²) in [5.41, 5.74) is 0. The summed E-state index contributed by atoms with van der Waals surface area (Å²) in [5.74, 6) is 0.321. The van der Waals surface area contributed by atoms with Gasteiger partial charge >= 0.3 is 39.5 Å². The lowest BCUT2D eigenvalue weighted by Crippen LogP contribution is -2.30. The molecule has 0 aliphatic rings. The molecule has 0 spiro atoms. The molecule has 0 aromatic heterocycles. The van der Waals surface area contributed by atoms with Crippen LogP contribution in [0.15, 0.2) is 0 Å². The fraction of sp³-hybridized carbons (Fsp3) is 0.951. The van der Waals surface area contributed by atoms with E-state index >= 15 is 0 Å².